The number of ketones is 1. The van der Waals surface area contributed by atoms with Crippen molar-refractivity contribution >= 4 is 44.9 Å². The highest BCUT2D eigenvalue weighted by molar-refractivity contribution is 9.10. The summed E-state index contributed by atoms with van der Waals surface area (Å²) in [6.45, 7) is 0. The number of benzene rings is 2. The largest absolute Gasteiger partial charge is 0.292 e. The smallest absolute Gasteiger partial charge is 0.186 e. The third-order valence-electron chi connectivity index (χ3n) is 2.61. The van der Waals surface area contributed by atoms with E-state index in [9.17, 15) is 9.18 Å². The summed E-state index contributed by atoms with van der Waals surface area (Å²) in [5.74, 6) is -0.694. The second-order valence-corrected chi connectivity index (χ2v) is 5.55. The minimum atomic E-state index is -0.896. The van der Waals surface area contributed by atoms with E-state index in [0.717, 1.165) is 0 Å². The molecule has 0 saturated heterocycles. The molecule has 0 N–H and O–H groups in total. The van der Waals surface area contributed by atoms with Gasteiger partial charge in [-0.25, -0.2) is 4.39 Å². The van der Waals surface area contributed by atoms with Gasteiger partial charge in [-0.3, -0.25) is 4.79 Å². The molecule has 0 aliphatic rings. The molecule has 0 aliphatic carbocycles. The van der Waals surface area contributed by atoms with Crippen LogP contribution >= 0.6 is 39.1 Å². The quantitative estimate of drug-likeness (QED) is 0.528. The summed E-state index contributed by atoms with van der Waals surface area (Å²) in [5, 5.41) is -0.576. The van der Waals surface area contributed by atoms with E-state index in [4.69, 9.17) is 23.2 Å². The summed E-state index contributed by atoms with van der Waals surface area (Å²) in [6, 6.07) is 10.5. The Bertz CT molecular complexity index is 613. The van der Waals surface area contributed by atoms with Crippen LogP contribution in [-0.4, -0.2) is 5.78 Å². The maximum Gasteiger partial charge on any atom is 0.186 e. The highest BCUT2D eigenvalue weighted by Crippen LogP contribution is 2.32. The zero-order valence-electron chi connectivity index (χ0n) is 9.54. The van der Waals surface area contributed by atoms with E-state index in [2.05, 4.69) is 15.9 Å². The van der Waals surface area contributed by atoms with Crippen molar-refractivity contribution in [3.8, 4) is 0 Å². The molecular weight excluding hydrogens is 354 g/mol. The Kier molecular flexibility index (Phi) is 4.61. The molecule has 0 aliphatic heterocycles. The molecule has 0 radical (unpaired) electrons. The average molecular weight is 362 g/mol. The third-order valence-corrected chi connectivity index (χ3v) is 4.36. The lowest BCUT2D eigenvalue weighted by Gasteiger charge is -2.11. The normalized spacial score (nSPS) is 12.2. The summed E-state index contributed by atoms with van der Waals surface area (Å²) in [6.07, 6.45) is 0. The molecular formula is C14H8BrCl2FO. The molecule has 0 spiro atoms. The Morgan fingerprint density at radius 2 is 1.79 bits per heavy atom. The molecule has 0 fully saturated rings. The second kappa shape index (κ2) is 6.04. The molecule has 1 atom stereocenters. The lowest BCUT2D eigenvalue weighted by atomic mass is 10.0. The molecule has 2 rings (SSSR count). The molecule has 1 unspecified atom stereocenters. The van der Waals surface area contributed by atoms with Gasteiger partial charge in [0.25, 0.3) is 0 Å². The molecule has 19 heavy (non-hydrogen) atoms. The number of carbonyl (C=O) groups is 1. The predicted octanol–water partition coefficient (Wildman–Crippen LogP) is 5.40. The fourth-order valence-corrected chi connectivity index (χ4v) is 2.46. The standard InChI is InChI=1S/C14H8BrCl2FO/c15-11-3-1-2-10(13(11)17)14(19)12(16)8-4-6-9(18)7-5-8/h1-7,12H. The van der Waals surface area contributed by atoms with Crippen molar-refractivity contribution in [2.75, 3.05) is 0 Å². The van der Waals surface area contributed by atoms with Crippen LogP contribution in [-0.2, 0) is 0 Å². The molecule has 0 heterocycles. The Balaban J connectivity index is 2.33. The summed E-state index contributed by atoms with van der Waals surface area (Å²) in [5.41, 5.74) is 0.865. The molecule has 0 saturated carbocycles. The van der Waals surface area contributed by atoms with Crippen molar-refractivity contribution in [1.29, 1.82) is 0 Å². The van der Waals surface area contributed by atoms with Crippen molar-refractivity contribution in [1.82, 2.24) is 0 Å². The van der Waals surface area contributed by atoms with Gasteiger partial charge in [-0.1, -0.05) is 29.8 Å². The van der Waals surface area contributed by atoms with Gasteiger partial charge in [0.05, 0.1) is 5.02 Å². The Labute approximate surface area is 128 Å². The van der Waals surface area contributed by atoms with Crippen LogP contribution in [0.1, 0.15) is 21.3 Å². The maximum absolute atomic E-state index is 12.8. The van der Waals surface area contributed by atoms with Crippen LogP contribution in [0.25, 0.3) is 0 Å². The number of halogens is 4. The maximum atomic E-state index is 12.8. The number of rotatable bonds is 3. The fraction of sp³-hybridized carbons (Fsp3) is 0.0714. The van der Waals surface area contributed by atoms with Crippen LogP contribution in [0.15, 0.2) is 46.9 Å². The number of Topliss-reactive ketones (excluding diaryl/α,β-unsaturated/α-hetero) is 1. The second-order valence-electron chi connectivity index (χ2n) is 3.88. The summed E-state index contributed by atoms with van der Waals surface area (Å²) in [4.78, 5) is 12.3. The summed E-state index contributed by atoms with van der Waals surface area (Å²) >= 11 is 15.4. The van der Waals surface area contributed by atoms with Gasteiger partial charge in [-0.05, 0) is 45.8 Å². The van der Waals surface area contributed by atoms with Crippen LogP contribution in [0.5, 0.6) is 0 Å². The van der Waals surface area contributed by atoms with Gasteiger partial charge >= 0.3 is 0 Å². The lowest BCUT2D eigenvalue weighted by molar-refractivity contribution is 0.0987. The van der Waals surface area contributed by atoms with E-state index in [-0.39, 0.29) is 11.6 Å². The Morgan fingerprint density at radius 3 is 2.42 bits per heavy atom. The minimum absolute atomic E-state index is 0.320. The zero-order chi connectivity index (χ0) is 14.0. The number of hydrogen-bond acceptors (Lipinski definition) is 1. The van der Waals surface area contributed by atoms with Crippen LogP contribution in [0.2, 0.25) is 5.02 Å². The summed E-state index contributed by atoms with van der Waals surface area (Å²) < 4.78 is 13.5. The van der Waals surface area contributed by atoms with Gasteiger partial charge < -0.3 is 0 Å². The van der Waals surface area contributed by atoms with Gasteiger partial charge in [-0.15, -0.1) is 11.6 Å². The van der Waals surface area contributed by atoms with Gasteiger partial charge in [-0.2, -0.15) is 0 Å². The lowest BCUT2D eigenvalue weighted by Crippen LogP contribution is -2.08. The van der Waals surface area contributed by atoms with Crippen LogP contribution in [0, 0.1) is 5.82 Å². The van der Waals surface area contributed by atoms with E-state index >= 15 is 0 Å². The number of alkyl halides is 1. The third kappa shape index (κ3) is 3.16. The van der Waals surface area contributed by atoms with Crippen molar-refractivity contribution in [2.45, 2.75) is 5.38 Å². The number of carbonyl (C=O) groups excluding carboxylic acids is 1. The van der Waals surface area contributed by atoms with E-state index in [1.807, 2.05) is 0 Å². The average Bonchev–Trinajstić information content (AvgIpc) is 2.41. The highest BCUT2D eigenvalue weighted by atomic mass is 79.9. The van der Waals surface area contributed by atoms with E-state index in [1.54, 1.807) is 18.2 Å². The van der Waals surface area contributed by atoms with Gasteiger partial charge in [0, 0.05) is 10.0 Å². The number of hydrogen-bond donors (Lipinski definition) is 0. The molecule has 2 aromatic carbocycles. The first-order valence-electron chi connectivity index (χ1n) is 5.38. The Morgan fingerprint density at radius 1 is 1.16 bits per heavy atom. The minimum Gasteiger partial charge on any atom is -0.292 e. The van der Waals surface area contributed by atoms with Crippen molar-refractivity contribution in [3.63, 3.8) is 0 Å². The first kappa shape index (κ1) is 14.5. The summed E-state index contributed by atoms with van der Waals surface area (Å²) in [7, 11) is 0. The van der Waals surface area contributed by atoms with E-state index < -0.39 is 5.38 Å². The fourth-order valence-electron chi connectivity index (χ4n) is 1.61. The van der Waals surface area contributed by atoms with Crippen molar-refractivity contribution < 1.29 is 9.18 Å². The highest BCUT2D eigenvalue weighted by Gasteiger charge is 2.22. The molecule has 0 bridgehead atoms. The molecule has 98 valence electrons. The molecule has 0 aromatic heterocycles. The molecule has 5 heteroatoms. The van der Waals surface area contributed by atoms with E-state index in [0.29, 0.717) is 20.6 Å². The van der Waals surface area contributed by atoms with Gasteiger partial charge in [0.1, 0.15) is 11.2 Å². The van der Waals surface area contributed by atoms with E-state index in [1.165, 1.54) is 24.3 Å². The van der Waals surface area contributed by atoms with Gasteiger partial charge in [0.2, 0.25) is 0 Å². The first-order chi connectivity index (χ1) is 9.00. The van der Waals surface area contributed by atoms with Crippen molar-refractivity contribution in [2.24, 2.45) is 0 Å². The SMILES string of the molecule is O=C(c1cccc(Br)c1Cl)C(Cl)c1ccc(F)cc1. The Hall–Kier alpha value is -0.900. The monoisotopic (exact) mass is 360 g/mol. The van der Waals surface area contributed by atoms with Gasteiger partial charge in [0.15, 0.2) is 5.78 Å². The van der Waals surface area contributed by atoms with Crippen LogP contribution in [0.3, 0.4) is 0 Å². The zero-order valence-corrected chi connectivity index (χ0v) is 12.6. The van der Waals surface area contributed by atoms with Crippen molar-refractivity contribution in [3.05, 3.63) is 68.9 Å². The predicted molar refractivity (Wildman–Crippen MR) is 78.5 cm³/mol. The molecule has 2 aromatic rings. The first-order valence-corrected chi connectivity index (χ1v) is 6.99. The van der Waals surface area contributed by atoms with Crippen LogP contribution in [0.4, 0.5) is 4.39 Å². The van der Waals surface area contributed by atoms with Crippen LogP contribution < -0.4 is 0 Å². The topological polar surface area (TPSA) is 17.1 Å². The molecule has 0 amide bonds. The molecule has 1 nitrogen and oxygen atoms in total.